The van der Waals surface area contributed by atoms with Crippen LogP contribution in [0.5, 0.6) is 0 Å². The number of amides is 1. The van der Waals surface area contributed by atoms with Crippen molar-refractivity contribution in [3.05, 3.63) is 42.6 Å². The number of hydrogen-bond acceptors (Lipinski definition) is 8. The highest BCUT2D eigenvalue weighted by atomic mass is 32.2. The Bertz CT molecular complexity index is 1830. The molecule has 1 saturated heterocycles. The molecule has 0 radical (unpaired) electrons. The zero-order chi connectivity index (χ0) is 30.7. The lowest BCUT2D eigenvalue weighted by Crippen LogP contribution is -2.21. The molecule has 1 aliphatic heterocycles. The number of sulfone groups is 1. The van der Waals surface area contributed by atoms with E-state index in [1.165, 1.54) is 18.2 Å². The maximum absolute atomic E-state index is 14.3. The van der Waals surface area contributed by atoms with Gasteiger partial charge >= 0.3 is 0 Å². The summed E-state index contributed by atoms with van der Waals surface area (Å²) in [6, 6.07) is 5.79. The van der Waals surface area contributed by atoms with Gasteiger partial charge in [-0.25, -0.2) is 40.9 Å². The molecule has 11 nitrogen and oxygen atoms in total. The quantitative estimate of drug-likeness (QED) is 0.256. The van der Waals surface area contributed by atoms with Gasteiger partial charge in [-0.1, -0.05) is 6.07 Å². The SMILES string of the molecule is Cn1cnc(-c2ccc(Nc3cc(NC(=O)C4CC4(F)F)nc4c3nc(C(F)F)n4C3CCCCO3)c(S(C)(=O)=O)c2)c1. The average molecular weight is 622 g/mol. The molecule has 1 saturated carbocycles. The van der Waals surface area contributed by atoms with E-state index in [9.17, 15) is 30.8 Å². The van der Waals surface area contributed by atoms with E-state index in [-0.39, 0.29) is 33.3 Å². The molecule has 2 atom stereocenters. The molecule has 0 spiro atoms. The van der Waals surface area contributed by atoms with Gasteiger partial charge in [0.05, 0.1) is 28.3 Å². The van der Waals surface area contributed by atoms with Crippen molar-refractivity contribution in [2.75, 3.05) is 23.5 Å². The zero-order valence-corrected chi connectivity index (χ0v) is 23.8. The van der Waals surface area contributed by atoms with Crippen LogP contribution in [0.1, 0.15) is 44.2 Å². The summed E-state index contributed by atoms with van der Waals surface area (Å²) in [6.45, 7) is 0.325. The zero-order valence-electron chi connectivity index (χ0n) is 23.0. The fourth-order valence-electron chi connectivity index (χ4n) is 5.11. The van der Waals surface area contributed by atoms with Crippen LogP contribution in [-0.2, 0) is 26.4 Å². The average Bonchev–Trinajstić information content (AvgIpc) is 3.24. The Morgan fingerprint density at radius 3 is 2.53 bits per heavy atom. The van der Waals surface area contributed by atoms with E-state index in [2.05, 4.69) is 25.6 Å². The van der Waals surface area contributed by atoms with Crippen LogP contribution in [0.3, 0.4) is 0 Å². The van der Waals surface area contributed by atoms with Crippen LogP contribution in [-0.4, -0.2) is 57.2 Å². The van der Waals surface area contributed by atoms with Crippen LogP contribution in [0.2, 0.25) is 0 Å². The number of nitrogens with zero attached hydrogens (tertiary/aromatic N) is 5. The molecule has 1 aromatic carbocycles. The second-order valence-electron chi connectivity index (χ2n) is 10.7. The number of anilines is 3. The fourth-order valence-corrected chi connectivity index (χ4v) is 5.97. The van der Waals surface area contributed by atoms with E-state index in [0.717, 1.165) is 17.2 Å². The number of aryl methyl sites for hydroxylation is 1. The van der Waals surface area contributed by atoms with Gasteiger partial charge in [-0.3, -0.25) is 9.36 Å². The van der Waals surface area contributed by atoms with Crippen molar-refractivity contribution in [3.8, 4) is 11.3 Å². The number of hydrogen-bond donors (Lipinski definition) is 2. The monoisotopic (exact) mass is 621 g/mol. The largest absolute Gasteiger partial charge is 0.358 e. The van der Waals surface area contributed by atoms with Crippen LogP contribution in [0.15, 0.2) is 41.7 Å². The molecule has 4 heterocycles. The number of carbonyl (C=O) groups excluding carboxylic acids is 1. The van der Waals surface area contributed by atoms with E-state index in [0.29, 0.717) is 30.7 Å². The molecule has 16 heteroatoms. The third kappa shape index (κ3) is 5.68. The summed E-state index contributed by atoms with van der Waals surface area (Å²) in [5.74, 6) is -6.50. The van der Waals surface area contributed by atoms with Crippen molar-refractivity contribution in [1.29, 1.82) is 0 Å². The van der Waals surface area contributed by atoms with Crippen LogP contribution in [0, 0.1) is 5.92 Å². The van der Waals surface area contributed by atoms with Crippen molar-refractivity contribution < 1.29 is 35.5 Å². The van der Waals surface area contributed by atoms with Gasteiger partial charge in [0.2, 0.25) is 5.91 Å². The number of pyridine rings is 1. The summed E-state index contributed by atoms with van der Waals surface area (Å²) >= 11 is 0. The molecule has 1 aliphatic carbocycles. The minimum absolute atomic E-state index is 0.0230. The number of aromatic nitrogens is 5. The predicted molar refractivity (Wildman–Crippen MR) is 148 cm³/mol. The predicted octanol–water partition coefficient (Wildman–Crippen LogP) is 5.21. The number of ether oxygens (including phenoxy) is 1. The van der Waals surface area contributed by atoms with E-state index in [4.69, 9.17) is 4.74 Å². The highest BCUT2D eigenvalue weighted by Crippen LogP contribution is 2.49. The highest BCUT2D eigenvalue weighted by Gasteiger charge is 2.61. The number of alkyl halides is 4. The van der Waals surface area contributed by atoms with Crippen molar-refractivity contribution >= 4 is 44.1 Å². The number of carbonyl (C=O) groups is 1. The molecule has 228 valence electrons. The Kier molecular flexibility index (Phi) is 7.15. The van der Waals surface area contributed by atoms with Crippen LogP contribution >= 0.6 is 0 Å². The highest BCUT2D eigenvalue weighted by molar-refractivity contribution is 7.90. The van der Waals surface area contributed by atoms with E-state index in [1.54, 1.807) is 30.2 Å². The van der Waals surface area contributed by atoms with E-state index < -0.39 is 52.5 Å². The van der Waals surface area contributed by atoms with Gasteiger partial charge in [0.25, 0.3) is 12.3 Å². The molecular weight excluding hydrogens is 594 g/mol. The molecule has 1 amide bonds. The smallest absolute Gasteiger partial charge is 0.295 e. The second-order valence-corrected chi connectivity index (χ2v) is 12.7. The first-order valence-electron chi connectivity index (χ1n) is 13.4. The number of imidazole rings is 2. The summed E-state index contributed by atoms with van der Waals surface area (Å²) in [6.07, 6.45) is 1.66. The minimum Gasteiger partial charge on any atom is -0.358 e. The van der Waals surface area contributed by atoms with E-state index >= 15 is 0 Å². The van der Waals surface area contributed by atoms with Gasteiger partial charge in [0.15, 0.2) is 21.3 Å². The lowest BCUT2D eigenvalue weighted by Gasteiger charge is -2.25. The van der Waals surface area contributed by atoms with Crippen molar-refractivity contribution in [2.24, 2.45) is 13.0 Å². The topological polar surface area (TPSA) is 133 Å². The summed E-state index contributed by atoms with van der Waals surface area (Å²) in [4.78, 5) is 25.2. The van der Waals surface area contributed by atoms with Crippen molar-refractivity contribution in [1.82, 2.24) is 24.1 Å². The lowest BCUT2D eigenvalue weighted by molar-refractivity contribution is -0.119. The third-order valence-electron chi connectivity index (χ3n) is 7.36. The first kappa shape index (κ1) is 29.0. The van der Waals surface area contributed by atoms with Gasteiger partial charge < -0.3 is 19.9 Å². The Hall–Kier alpha value is -4.05. The first-order chi connectivity index (χ1) is 20.3. The molecule has 6 rings (SSSR count). The normalized spacial score (nSPS) is 20.0. The van der Waals surface area contributed by atoms with Crippen molar-refractivity contribution in [3.63, 3.8) is 0 Å². The van der Waals surface area contributed by atoms with Gasteiger partial charge in [-0.15, -0.1) is 0 Å². The second kappa shape index (κ2) is 10.6. The van der Waals surface area contributed by atoms with Gasteiger partial charge in [0, 0.05) is 44.2 Å². The number of fused-ring (bicyclic) bond motifs is 1. The molecule has 4 aromatic rings. The molecule has 0 bridgehead atoms. The Morgan fingerprint density at radius 2 is 1.93 bits per heavy atom. The van der Waals surface area contributed by atoms with Crippen molar-refractivity contribution in [2.45, 2.75) is 49.2 Å². The summed E-state index contributed by atoms with van der Waals surface area (Å²) in [5.41, 5.74) is 1.02. The van der Waals surface area contributed by atoms with Gasteiger partial charge in [-0.05, 0) is 31.4 Å². The molecular formula is C27H27F4N7O4S. The maximum Gasteiger partial charge on any atom is 0.295 e. The Balaban J connectivity index is 1.49. The van der Waals surface area contributed by atoms with Crippen LogP contribution < -0.4 is 10.6 Å². The fraction of sp³-hybridized carbons (Fsp3) is 0.407. The molecule has 2 aliphatic rings. The van der Waals surface area contributed by atoms with Gasteiger partial charge in [0.1, 0.15) is 23.5 Å². The maximum atomic E-state index is 14.3. The first-order valence-corrected chi connectivity index (χ1v) is 15.3. The number of nitrogens with one attached hydrogen (secondary N) is 2. The Morgan fingerprint density at radius 1 is 1.16 bits per heavy atom. The number of benzene rings is 1. The molecule has 2 fully saturated rings. The van der Waals surface area contributed by atoms with E-state index in [1.807, 2.05) is 0 Å². The van der Waals surface area contributed by atoms with Crippen LogP contribution in [0.4, 0.5) is 34.8 Å². The number of halogens is 4. The molecule has 3 aromatic heterocycles. The molecule has 43 heavy (non-hydrogen) atoms. The standard InChI is InChI=1S/C27H27F4N7O4S/c1-37-12-18(32-13-37)14-6-7-16(19(9-14)43(2,40)41)33-17-10-20(35-26(39)15-11-27(15,30)31)34-24-22(17)36-25(23(28)29)38(24)21-5-3-4-8-42-21/h6-7,9-10,12-13,15,21,23H,3-5,8,11H2,1-2H3,(H2,33,34,35,39). The summed E-state index contributed by atoms with van der Waals surface area (Å²) < 4.78 is 90.1. The summed E-state index contributed by atoms with van der Waals surface area (Å²) in [5, 5.41) is 5.31. The van der Waals surface area contributed by atoms with Crippen LogP contribution in [0.25, 0.3) is 22.4 Å². The minimum atomic E-state index is -3.84. The molecule has 2 unspecified atom stereocenters. The lowest BCUT2D eigenvalue weighted by atomic mass is 10.1. The summed E-state index contributed by atoms with van der Waals surface area (Å²) in [7, 11) is -2.07. The molecule has 2 N–H and O–H groups in total. The Labute approximate surface area is 243 Å². The number of rotatable bonds is 8. The van der Waals surface area contributed by atoms with Gasteiger partial charge in [-0.2, -0.15) is 0 Å². The third-order valence-corrected chi connectivity index (χ3v) is 8.50.